The summed E-state index contributed by atoms with van der Waals surface area (Å²) in [7, 11) is 0. The van der Waals surface area contributed by atoms with Crippen LogP contribution in [0.25, 0.3) is 0 Å². The van der Waals surface area contributed by atoms with Crippen molar-refractivity contribution in [1.29, 1.82) is 10.5 Å². The Balaban J connectivity index is 2.07. The number of anilines is 1. The molecule has 0 atom stereocenters. The molecule has 23 heavy (non-hydrogen) atoms. The van der Waals surface area contributed by atoms with Crippen LogP contribution in [0, 0.1) is 28.5 Å². The van der Waals surface area contributed by atoms with Gasteiger partial charge in [0.1, 0.15) is 11.6 Å². The normalized spacial score (nSPS) is 10.1. The van der Waals surface area contributed by atoms with E-state index in [2.05, 4.69) is 15.3 Å². The quantitative estimate of drug-likeness (QED) is 0.648. The van der Waals surface area contributed by atoms with Gasteiger partial charge in [-0.3, -0.25) is 0 Å². The van der Waals surface area contributed by atoms with E-state index in [4.69, 9.17) is 10.5 Å². The third kappa shape index (κ3) is 4.67. The summed E-state index contributed by atoms with van der Waals surface area (Å²) in [5.74, 6) is -0.607. The Morgan fingerprint density at radius 1 is 1.22 bits per heavy atom. The lowest BCUT2D eigenvalue weighted by molar-refractivity contribution is 0.627. The van der Waals surface area contributed by atoms with E-state index in [0.29, 0.717) is 29.6 Å². The van der Waals surface area contributed by atoms with Crippen LogP contribution in [0.2, 0.25) is 0 Å². The van der Waals surface area contributed by atoms with Crippen LogP contribution in [0.5, 0.6) is 0 Å². The smallest absolute Gasteiger partial charge is 0.189 e. The molecule has 0 fully saturated rings. The summed E-state index contributed by atoms with van der Waals surface area (Å²) < 4.78 is 12.9. The van der Waals surface area contributed by atoms with Crippen LogP contribution in [-0.4, -0.2) is 22.8 Å². The Hall–Kier alpha value is -2.64. The molecule has 1 heterocycles. The second-order valence-electron chi connectivity index (χ2n) is 4.66. The molecular formula is C16H14FN5S. The van der Waals surface area contributed by atoms with Crippen molar-refractivity contribution in [1.82, 2.24) is 9.97 Å². The second-order valence-corrected chi connectivity index (χ2v) is 5.43. The molecule has 1 N–H and O–H groups in total. The second kappa shape index (κ2) is 8.11. The lowest BCUT2D eigenvalue weighted by Crippen LogP contribution is -2.09. The van der Waals surface area contributed by atoms with E-state index in [9.17, 15) is 4.39 Å². The molecule has 1 aromatic heterocycles. The molecule has 0 spiro atoms. The summed E-state index contributed by atoms with van der Waals surface area (Å²) in [4.78, 5) is 8.51. The molecule has 0 radical (unpaired) electrons. The average Bonchev–Trinajstić information content (AvgIpc) is 2.57. The number of halogens is 1. The minimum absolute atomic E-state index is 0.259. The molecule has 0 unspecified atom stereocenters. The molecule has 0 saturated heterocycles. The molecule has 0 amide bonds. The minimum Gasteiger partial charge on any atom is -0.370 e. The molecule has 0 aliphatic rings. The van der Waals surface area contributed by atoms with E-state index in [1.54, 1.807) is 18.2 Å². The van der Waals surface area contributed by atoms with Crippen molar-refractivity contribution in [2.75, 3.05) is 18.1 Å². The number of thioether (sulfide) groups is 1. The van der Waals surface area contributed by atoms with Crippen LogP contribution in [0.15, 0.2) is 35.5 Å². The van der Waals surface area contributed by atoms with Crippen molar-refractivity contribution < 1.29 is 4.39 Å². The van der Waals surface area contributed by atoms with Gasteiger partial charge in [-0.15, -0.1) is 0 Å². The lowest BCUT2D eigenvalue weighted by atomic mass is 10.1. The zero-order valence-electron chi connectivity index (χ0n) is 12.5. The maximum Gasteiger partial charge on any atom is 0.189 e. The highest BCUT2D eigenvalue weighted by Crippen LogP contribution is 2.19. The Bertz CT molecular complexity index is 735. The van der Waals surface area contributed by atoms with E-state index in [1.807, 2.05) is 18.4 Å². The van der Waals surface area contributed by atoms with Gasteiger partial charge in [0.2, 0.25) is 0 Å². The van der Waals surface area contributed by atoms with Gasteiger partial charge in [0.15, 0.2) is 11.1 Å². The molecule has 2 rings (SSSR count). The predicted octanol–water partition coefficient (Wildman–Crippen LogP) is 3.12. The van der Waals surface area contributed by atoms with E-state index in [-0.39, 0.29) is 5.82 Å². The number of benzene rings is 1. The van der Waals surface area contributed by atoms with Gasteiger partial charge in [0.25, 0.3) is 0 Å². The third-order valence-corrected chi connectivity index (χ3v) is 3.64. The number of nitrogens with one attached hydrogen (secondary N) is 1. The highest BCUT2D eigenvalue weighted by molar-refractivity contribution is 7.98. The van der Waals surface area contributed by atoms with E-state index in [1.165, 1.54) is 23.9 Å². The van der Waals surface area contributed by atoms with Crippen LogP contribution in [-0.2, 0) is 6.42 Å². The largest absolute Gasteiger partial charge is 0.370 e. The molecule has 5 nitrogen and oxygen atoms in total. The number of rotatable bonds is 6. The number of nitriles is 2. The molecule has 2 aromatic rings. The van der Waals surface area contributed by atoms with Gasteiger partial charge in [0.05, 0.1) is 17.8 Å². The van der Waals surface area contributed by atoms with Crippen LogP contribution >= 0.6 is 11.8 Å². The van der Waals surface area contributed by atoms with E-state index < -0.39 is 5.92 Å². The van der Waals surface area contributed by atoms with Gasteiger partial charge in [-0.25, -0.2) is 14.4 Å². The minimum atomic E-state index is -0.915. The Morgan fingerprint density at radius 2 is 1.91 bits per heavy atom. The molecule has 7 heteroatoms. The Kier molecular flexibility index (Phi) is 5.90. The maximum absolute atomic E-state index is 12.9. The Labute approximate surface area is 138 Å². The summed E-state index contributed by atoms with van der Waals surface area (Å²) in [5, 5.41) is 21.6. The number of hydrogen-bond acceptors (Lipinski definition) is 6. The van der Waals surface area contributed by atoms with Gasteiger partial charge >= 0.3 is 0 Å². The van der Waals surface area contributed by atoms with Crippen molar-refractivity contribution in [3.8, 4) is 12.1 Å². The van der Waals surface area contributed by atoms with Gasteiger partial charge in [-0.05, 0) is 30.4 Å². The fourth-order valence-corrected chi connectivity index (χ4v) is 2.31. The van der Waals surface area contributed by atoms with Crippen molar-refractivity contribution in [2.45, 2.75) is 17.5 Å². The maximum atomic E-state index is 12.9. The first kappa shape index (κ1) is 16.7. The standard InChI is InChI=1S/C16H14FN5S/c1-23-16-21-14(12(9-18)10-19)8-15(22-16)20-7-6-11-2-4-13(17)5-3-11/h2-5,8,12H,6-7H2,1H3,(H,20,21,22). The molecule has 116 valence electrons. The molecule has 0 aliphatic carbocycles. The molecule has 0 bridgehead atoms. The van der Waals surface area contributed by atoms with Gasteiger partial charge in [-0.2, -0.15) is 10.5 Å². The van der Waals surface area contributed by atoms with Crippen molar-refractivity contribution in [3.05, 3.63) is 47.4 Å². The molecule has 0 aliphatic heterocycles. The fourth-order valence-electron chi connectivity index (χ4n) is 1.92. The van der Waals surface area contributed by atoms with Gasteiger partial charge < -0.3 is 5.32 Å². The highest BCUT2D eigenvalue weighted by atomic mass is 32.2. The van der Waals surface area contributed by atoms with Crippen molar-refractivity contribution in [3.63, 3.8) is 0 Å². The highest BCUT2D eigenvalue weighted by Gasteiger charge is 2.14. The zero-order valence-corrected chi connectivity index (χ0v) is 13.3. The topological polar surface area (TPSA) is 85.4 Å². The fraction of sp³-hybridized carbons (Fsp3) is 0.250. The summed E-state index contributed by atoms with van der Waals surface area (Å²) in [6.07, 6.45) is 2.53. The van der Waals surface area contributed by atoms with Crippen molar-refractivity contribution >= 4 is 17.6 Å². The van der Waals surface area contributed by atoms with Gasteiger partial charge in [-0.1, -0.05) is 23.9 Å². The summed E-state index contributed by atoms with van der Waals surface area (Å²) in [5.41, 5.74) is 1.39. The first-order valence-electron chi connectivity index (χ1n) is 6.86. The SMILES string of the molecule is CSc1nc(NCCc2ccc(F)cc2)cc(C(C#N)C#N)n1. The number of aromatic nitrogens is 2. The van der Waals surface area contributed by atoms with Crippen LogP contribution in [0.1, 0.15) is 17.2 Å². The average molecular weight is 327 g/mol. The number of hydrogen-bond donors (Lipinski definition) is 1. The molecule has 0 saturated carbocycles. The first-order valence-corrected chi connectivity index (χ1v) is 8.09. The van der Waals surface area contributed by atoms with Gasteiger partial charge in [0, 0.05) is 12.6 Å². The van der Waals surface area contributed by atoms with Crippen LogP contribution in [0.3, 0.4) is 0 Å². The van der Waals surface area contributed by atoms with Crippen LogP contribution < -0.4 is 5.32 Å². The van der Waals surface area contributed by atoms with E-state index >= 15 is 0 Å². The summed E-state index contributed by atoms with van der Waals surface area (Å²) in [6, 6.07) is 11.7. The van der Waals surface area contributed by atoms with E-state index in [0.717, 1.165) is 5.56 Å². The van der Waals surface area contributed by atoms with Crippen molar-refractivity contribution in [2.24, 2.45) is 0 Å². The third-order valence-electron chi connectivity index (χ3n) is 3.10. The lowest BCUT2D eigenvalue weighted by Gasteiger charge is -2.09. The number of nitrogens with zero attached hydrogens (tertiary/aromatic N) is 4. The first-order chi connectivity index (χ1) is 11.2. The van der Waals surface area contributed by atoms with Crippen LogP contribution in [0.4, 0.5) is 10.2 Å². The summed E-state index contributed by atoms with van der Waals surface area (Å²) >= 11 is 1.34. The molecule has 1 aromatic carbocycles. The Morgan fingerprint density at radius 3 is 2.52 bits per heavy atom. The summed E-state index contributed by atoms with van der Waals surface area (Å²) in [6.45, 7) is 0.597. The molecular weight excluding hydrogens is 313 g/mol. The predicted molar refractivity (Wildman–Crippen MR) is 86.4 cm³/mol. The monoisotopic (exact) mass is 327 g/mol. The zero-order chi connectivity index (χ0) is 16.7.